The summed E-state index contributed by atoms with van der Waals surface area (Å²) >= 11 is 1.39. The first-order chi connectivity index (χ1) is 8.77. The molecular formula is C14H9NO2S. The van der Waals surface area contributed by atoms with Crippen LogP contribution in [0.1, 0.15) is 10.4 Å². The Hall–Kier alpha value is -2.20. The average Bonchev–Trinajstić information content (AvgIpc) is 2.82. The molecule has 0 saturated heterocycles. The van der Waals surface area contributed by atoms with Gasteiger partial charge in [0.05, 0.1) is 16.0 Å². The number of fused-ring (bicyclic) bond motifs is 1. The SMILES string of the molecule is O=C(O)c1ccccc1-c1nsc2ccccc12. The summed E-state index contributed by atoms with van der Waals surface area (Å²) in [7, 11) is 0. The smallest absolute Gasteiger partial charge is 0.336 e. The van der Waals surface area contributed by atoms with Gasteiger partial charge in [-0.15, -0.1) is 0 Å². The van der Waals surface area contributed by atoms with Crippen LogP contribution in [0.5, 0.6) is 0 Å². The first-order valence-electron chi connectivity index (χ1n) is 5.44. The number of rotatable bonds is 2. The third kappa shape index (κ3) is 1.67. The second-order valence-electron chi connectivity index (χ2n) is 3.88. The van der Waals surface area contributed by atoms with E-state index in [0.29, 0.717) is 5.56 Å². The lowest BCUT2D eigenvalue weighted by molar-refractivity contribution is 0.0697. The van der Waals surface area contributed by atoms with Crippen LogP contribution in [0.15, 0.2) is 48.5 Å². The molecule has 0 aliphatic heterocycles. The zero-order valence-electron chi connectivity index (χ0n) is 9.33. The second-order valence-corrected chi connectivity index (χ2v) is 4.68. The number of nitrogens with zero attached hydrogens (tertiary/aromatic N) is 1. The molecular weight excluding hydrogens is 246 g/mol. The fourth-order valence-electron chi connectivity index (χ4n) is 1.96. The minimum atomic E-state index is -0.928. The van der Waals surface area contributed by atoms with Gasteiger partial charge in [-0.25, -0.2) is 4.79 Å². The zero-order valence-corrected chi connectivity index (χ0v) is 10.1. The molecule has 0 fully saturated rings. The number of carboxylic acid groups (broad SMARTS) is 1. The van der Waals surface area contributed by atoms with E-state index in [1.165, 1.54) is 11.5 Å². The molecule has 0 radical (unpaired) electrons. The Labute approximate surface area is 107 Å². The predicted octanol–water partition coefficient (Wildman–Crippen LogP) is 3.66. The maximum absolute atomic E-state index is 11.2. The maximum Gasteiger partial charge on any atom is 0.336 e. The lowest BCUT2D eigenvalue weighted by Gasteiger charge is -2.03. The van der Waals surface area contributed by atoms with Crippen molar-refractivity contribution in [3.05, 3.63) is 54.1 Å². The quantitative estimate of drug-likeness (QED) is 0.760. The molecule has 3 rings (SSSR count). The zero-order chi connectivity index (χ0) is 12.5. The highest BCUT2D eigenvalue weighted by atomic mass is 32.1. The van der Waals surface area contributed by atoms with E-state index in [9.17, 15) is 9.90 Å². The van der Waals surface area contributed by atoms with Crippen LogP contribution in [0.3, 0.4) is 0 Å². The van der Waals surface area contributed by atoms with Gasteiger partial charge in [-0.2, -0.15) is 4.37 Å². The van der Waals surface area contributed by atoms with Crippen molar-refractivity contribution >= 4 is 27.6 Å². The summed E-state index contributed by atoms with van der Waals surface area (Å²) in [6, 6.07) is 14.8. The van der Waals surface area contributed by atoms with Crippen molar-refractivity contribution in [3.63, 3.8) is 0 Å². The van der Waals surface area contributed by atoms with Gasteiger partial charge >= 0.3 is 5.97 Å². The molecule has 0 spiro atoms. The van der Waals surface area contributed by atoms with E-state index in [-0.39, 0.29) is 5.56 Å². The molecule has 0 atom stereocenters. The Balaban J connectivity index is 2.30. The van der Waals surface area contributed by atoms with E-state index in [2.05, 4.69) is 4.37 Å². The normalized spacial score (nSPS) is 10.7. The first kappa shape index (κ1) is 10.9. The summed E-state index contributed by atoms with van der Waals surface area (Å²) < 4.78 is 5.45. The number of hydrogen-bond acceptors (Lipinski definition) is 3. The highest BCUT2D eigenvalue weighted by Gasteiger charge is 2.15. The number of benzene rings is 2. The van der Waals surface area contributed by atoms with Crippen LogP contribution in [0.2, 0.25) is 0 Å². The van der Waals surface area contributed by atoms with Gasteiger partial charge in [0.2, 0.25) is 0 Å². The van der Waals surface area contributed by atoms with Crippen molar-refractivity contribution in [2.45, 2.75) is 0 Å². The summed E-state index contributed by atoms with van der Waals surface area (Å²) in [4.78, 5) is 11.2. The van der Waals surface area contributed by atoms with Gasteiger partial charge in [0, 0.05) is 10.9 Å². The topological polar surface area (TPSA) is 50.2 Å². The van der Waals surface area contributed by atoms with Gasteiger partial charge in [0.25, 0.3) is 0 Å². The number of carbonyl (C=O) groups is 1. The number of aromatic nitrogens is 1. The van der Waals surface area contributed by atoms with E-state index >= 15 is 0 Å². The van der Waals surface area contributed by atoms with E-state index in [0.717, 1.165) is 15.8 Å². The molecule has 1 heterocycles. The summed E-state index contributed by atoms with van der Waals surface area (Å²) in [6.07, 6.45) is 0. The van der Waals surface area contributed by atoms with Gasteiger partial charge in [-0.3, -0.25) is 0 Å². The van der Waals surface area contributed by atoms with E-state index in [1.807, 2.05) is 30.3 Å². The highest BCUT2D eigenvalue weighted by molar-refractivity contribution is 7.13. The lowest BCUT2D eigenvalue weighted by atomic mass is 10.0. The fourth-order valence-corrected chi connectivity index (χ4v) is 2.75. The molecule has 1 aromatic heterocycles. The Morgan fingerprint density at radius 3 is 2.61 bits per heavy atom. The van der Waals surface area contributed by atoms with Crippen molar-refractivity contribution in [1.29, 1.82) is 0 Å². The van der Waals surface area contributed by atoms with Crippen LogP contribution >= 0.6 is 11.5 Å². The fraction of sp³-hybridized carbons (Fsp3) is 0. The average molecular weight is 255 g/mol. The monoisotopic (exact) mass is 255 g/mol. The van der Waals surface area contributed by atoms with Crippen LogP contribution in [-0.4, -0.2) is 15.4 Å². The summed E-state index contributed by atoms with van der Waals surface area (Å²) in [5, 5.41) is 10.2. The third-order valence-electron chi connectivity index (χ3n) is 2.79. The van der Waals surface area contributed by atoms with Crippen LogP contribution in [0.4, 0.5) is 0 Å². The number of carboxylic acids is 1. The minimum Gasteiger partial charge on any atom is -0.478 e. The molecule has 2 aromatic carbocycles. The number of hydrogen-bond donors (Lipinski definition) is 1. The van der Waals surface area contributed by atoms with Crippen LogP contribution in [0.25, 0.3) is 21.3 Å². The van der Waals surface area contributed by atoms with Gasteiger partial charge in [-0.05, 0) is 23.7 Å². The third-order valence-corrected chi connectivity index (χ3v) is 3.62. The van der Waals surface area contributed by atoms with Gasteiger partial charge in [-0.1, -0.05) is 36.4 Å². The molecule has 0 aliphatic rings. The van der Waals surface area contributed by atoms with E-state index < -0.39 is 5.97 Å². The second kappa shape index (κ2) is 4.23. The van der Waals surface area contributed by atoms with E-state index in [1.54, 1.807) is 18.2 Å². The van der Waals surface area contributed by atoms with Crippen LogP contribution < -0.4 is 0 Å². The lowest BCUT2D eigenvalue weighted by Crippen LogP contribution is -1.99. The van der Waals surface area contributed by atoms with E-state index in [4.69, 9.17) is 0 Å². The predicted molar refractivity (Wildman–Crippen MR) is 72.0 cm³/mol. The Kier molecular flexibility index (Phi) is 2.57. The Bertz CT molecular complexity index is 733. The van der Waals surface area contributed by atoms with Crippen molar-refractivity contribution in [2.75, 3.05) is 0 Å². The van der Waals surface area contributed by atoms with Crippen molar-refractivity contribution in [2.24, 2.45) is 0 Å². The molecule has 0 amide bonds. The minimum absolute atomic E-state index is 0.286. The highest BCUT2D eigenvalue weighted by Crippen LogP contribution is 2.32. The van der Waals surface area contributed by atoms with Gasteiger partial charge < -0.3 is 5.11 Å². The molecule has 1 N–H and O–H groups in total. The Morgan fingerprint density at radius 2 is 1.78 bits per heavy atom. The maximum atomic E-state index is 11.2. The summed E-state index contributed by atoms with van der Waals surface area (Å²) in [5.41, 5.74) is 1.70. The molecule has 0 unspecified atom stereocenters. The van der Waals surface area contributed by atoms with Crippen molar-refractivity contribution < 1.29 is 9.90 Å². The molecule has 88 valence electrons. The molecule has 0 aliphatic carbocycles. The molecule has 3 nitrogen and oxygen atoms in total. The van der Waals surface area contributed by atoms with Crippen molar-refractivity contribution in [3.8, 4) is 11.3 Å². The molecule has 0 bridgehead atoms. The first-order valence-corrected chi connectivity index (χ1v) is 6.22. The van der Waals surface area contributed by atoms with Gasteiger partial charge in [0.1, 0.15) is 0 Å². The standard InChI is InChI=1S/C14H9NO2S/c16-14(17)10-6-2-1-5-9(10)13-11-7-3-4-8-12(11)18-15-13/h1-8H,(H,16,17). The van der Waals surface area contributed by atoms with Crippen molar-refractivity contribution in [1.82, 2.24) is 4.37 Å². The van der Waals surface area contributed by atoms with Gasteiger partial charge in [0.15, 0.2) is 0 Å². The summed E-state index contributed by atoms with van der Waals surface area (Å²) in [6.45, 7) is 0. The largest absolute Gasteiger partial charge is 0.478 e. The molecule has 18 heavy (non-hydrogen) atoms. The molecule has 4 heteroatoms. The van der Waals surface area contributed by atoms with Crippen LogP contribution in [0, 0.1) is 0 Å². The number of aromatic carboxylic acids is 1. The summed E-state index contributed by atoms with van der Waals surface area (Å²) in [5.74, 6) is -0.928. The Morgan fingerprint density at radius 1 is 1.06 bits per heavy atom. The molecule has 0 saturated carbocycles. The molecule has 3 aromatic rings. The van der Waals surface area contributed by atoms with Crippen LogP contribution in [-0.2, 0) is 0 Å².